The van der Waals surface area contributed by atoms with Crippen molar-refractivity contribution in [3.63, 3.8) is 0 Å². The molecule has 0 heterocycles. The molecule has 212 valence electrons. The summed E-state index contributed by atoms with van der Waals surface area (Å²) in [6.07, 6.45) is 4.01. The minimum absolute atomic E-state index is 0.0983. The van der Waals surface area contributed by atoms with Crippen LogP contribution in [0.3, 0.4) is 0 Å². The summed E-state index contributed by atoms with van der Waals surface area (Å²) in [5, 5.41) is 3.11. The standard InChI is InChI=1S/C32H39N3O4S/c1-23-14-12-20-30(25(23)3)35(40(38,39)29-18-6-5-7-19-29)22-31(36)34(21-27-15-9-8-13-24(27)2)26(4)32(37)33-28-16-10-11-17-28/h5-9,12-15,18-20,26,28H,10-11,16-17,21-22H2,1-4H3,(H,33,37)/t26-/m0/s1. The van der Waals surface area contributed by atoms with E-state index >= 15 is 0 Å². The first-order chi connectivity index (χ1) is 19.1. The van der Waals surface area contributed by atoms with Crippen LogP contribution in [0.2, 0.25) is 0 Å². The van der Waals surface area contributed by atoms with E-state index in [0.717, 1.165) is 47.9 Å². The lowest BCUT2D eigenvalue weighted by molar-refractivity contribution is -0.139. The van der Waals surface area contributed by atoms with Crippen molar-refractivity contribution in [3.8, 4) is 0 Å². The van der Waals surface area contributed by atoms with Crippen LogP contribution in [-0.2, 0) is 26.2 Å². The summed E-state index contributed by atoms with van der Waals surface area (Å²) < 4.78 is 29.1. The number of amides is 2. The van der Waals surface area contributed by atoms with Crippen LogP contribution in [-0.4, -0.2) is 43.8 Å². The molecule has 1 N–H and O–H groups in total. The van der Waals surface area contributed by atoms with Gasteiger partial charge >= 0.3 is 0 Å². The maximum Gasteiger partial charge on any atom is 0.264 e. The zero-order chi connectivity index (χ0) is 28.9. The van der Waals surface area contributed by atoms with Crippen LogP contribution in [0.15, 0.2) is 77.7 Å². The minimum atomic E-state index is -4.08. The van der Waals surface area contributed by atoms with Crippen molar-refractivity contribution in [2.45, 2.75) is 76.9 Å². The normalized spacial score (nSPS) is 14.5. The largest absolute Gasteiger partial charge is 0.352 e. The van der Waals surface area contributed by atoms with Gasteiger partial charge in [0.15, 0.2) is 0 Å². The summed E-state index contributed by atoms with van der Waals surface area (Å²) in [6, 6.07) is 20.6. The van der Waals surface area contributed by atoms with Crippen LogP contribution in [0.5, 0.6) is 0 Å². The van der Waals surface area contributed by atoms with Gasteiger partial charge in [-0.2, -0.15) is 0 Å². The lowest BCUT2D eigenvalue weighted by Gasteiger charge is -2.33. The predicted molar refractivity (Wildman–Crippen MR) is 158 cm³/mol. The predicted octanol–water partition coefficient (Wildman–Crippen LogP) is 5.28. The highest BCUT2D eigenvalue weighted by Crippen LogP contribution is 2.29. The Kier molecular flexibility index (Phi) is 9.30. The SMILES string of the molecule is Cc1ccccc1CN(C(=O)CN(c1cccc(C)c1C)S(=O)(=O)c1ccccc1)[C@@H](C)C(=O)NC1CCCC1. The molecule has 0 unspecified atom stereocenters. The van der Waals surface area contributed by atoms with Crippen molar-refractivity contribution in [2.75, 3.05) is 10.8 Å². The molecule has 4 rings (SSSR count). The molecule has 1 aliphatic rings. The summed E-state index contributed by atoms with van der Waals surface area (Å²) in [5.41, 5.74) is 4.02. The van der Waals surface area contributed by atoms with E-state index < -0.39 is 28.5 Å². The molecule has 3 aromatic rings. The molecular formula is C32H39N3O4S. The van der Waals surface area contributed by atoms with E-state index in [1.54, 1.807) is 37.3 Å². The van der Waals surface area contributed by atoms with Gasteiger partial charge in [0.05, 0.1) is 10.6 Å². The van der Waals surface area contributed by atoms with Gasteiger partial charge in [0.2, 0.25) is 11.8 Å². The van der Waals surface area contributed by atoms with Crippen LogP contribution in [0.25, 0.3) is 0 Å². The Morgan fingerprint density at radius 2 is 1.50 bits per heavy atom. The molecule has 0 aromatic heterocycles. The second-order valence-corrected chi connectivity index (χ2v) is 12.5. The van der Waals surface area contributed by atoms with Crippen molar-refractivity contribution in [3.05, 3.63) is 95.1 Å². The highest BCUT2D eigenvalue weighted by molar-refractivity contribution is 7.92. The maximum atomic E-state index is 14.1. The molecule has 1 aliphatic carbocycles. The van der Waals surface area contributed by atoms with Crippen molar-refractivity contribution in [1.82, 2.24) is 10.2 Å². The Labute approximate surface area is 238 Å². The number of nitrogens with zero attached hydrogens (tertiary/aromatic N) is 2. The minimum Gasteiger partial charge on any atom is -0.352 e. The Hall–Kier alpha value is -3.65. The molecular weight excluding hydrogens is 522 g/mol. The molecule has 3 aromatic carbocycles. The molecule has 8 heteroatoms. The van der Waals surface area contributed by atoms with Crippen LogP contribution in [0.4, 0.5) is 5.69 Å². The number of nitrogens with one attached hydrogen (secondary N) is 1. The van der Waals surface area contributed by atoms with Crippen molar-refractivity contribution >= 4 is 27.5 Å². The second kappa shape index (κ2) is 12.7. The summed E-state index contributed by atoms with van der Waals surface area (Å²) in [4.78, 5) is 29.1. The van der Waals surface area contributed by atoms with Gasteiger partial charge in [-0.05, 0) is 81.0 Å². The van der Waals surface area contributed by atoms with E-state index in [2.05, 4.69) is 5.32 Å². The molecule has 40 heavy (non-hydrogen) atoms. The smallest absolute Gasteiger partial charge is 0.264 e. The Morgan fingerprint density at radius 1 is 0.875 bits per heavy atom. The van der Waals surface area contributed by atoms with Crippen molar-refractivity contribution in [1.29, 1.82) is 0 Å². The third-order valence-electron chi connectivity index (χ3n) is 7.93. The fourth-order valence-corrected chi connectivity index (χ4v) is 6.68. The van der Waals surface area contributed by atoms with Gasteiger partial charge in [-0.1, -0.05) is 67.4 Å². The van der Waals surface area contributed by atoms with Crippen LogP contribution >= 0.6 is 0 Å². The number of anilines is 1. The maximum absolute atomic E-state index is 14.1. The number of rotatable bonds is 10. The third kappa shape index (κ3) is 6.55. The van der Waals surface area contributed by atoms with Crippen molar-refractivity contribution < 1.29 is 18.0 Å². The van der Waals surface area contributed by atoms with Gasteiger partial charge in [0, 0.05) is 12.6 Å². The lowest BCUT2D eigenvalue weighted by Crippen LogP contribution is -2.52. The van der Waals surface area contributed by atoms with Crippen LogP contribution < -0.4 is 9.62 Å². The fourth-order valence-electron chi connectivity index (χ4n) is 5.18. The van der Waals surface area contributed by atoms with E-state index in [9.17, 15) is 18.0 Å². The first-order valence-electron chi connectivity index (χ1n) is 13.9. The van der Waals surface area contributed by atoms with Gasteiger partial charge in [0.1, 0.15) is 12.6 Å². The van der Waals surface area contributed by atoms with Gasteiger partial charge in [-0.3, -0.25) is 13.9 Å². The van der Waals surface area contributed by atoms with E-state index in [1.807, 2.05) is 51.1 Å². The van der Waals surface area contributed by atoms with E-state index in [-0.39, 0.29) is 23.4 Å². The Balaban J connectivity index is 1.72. The van der Waals surface area contributed by atoms with Crippen molar-refractivity contribution in [2.24, 2.45) is 0 Å². The molecule has 0 aliphatic heterocycles. The number of benzene rings is 3. The van der Waals surface area contributed by atoms with Gasteiger partial charge < -0.3 is 10.2 Å². The lowest BCUT2D eigenvalue weighted by atomic mass is 10.1. The molecule has 1 saturated carbocycles. The quantitative estimate of drug-likeness (QED) is 0.365. The van der Waals surface area contributed by atoms with Crippen LogP contribution in [0.1, 0.15) is 54.9 Å². The molecule has 0 bridgehead atoms. The highest BCUT2D eigenvalue weighted by Gasteiger charge is 2.34. The zero-order valence-corrected chi connectivity index (χ0v) is 24.6. The summed E-state index contributed by atoms with van der Waals surface area (Å²) in [7, 11) is -4.08. The highest BCUT2D eigenvalue weighted by atomic mass is 32.2. The molecule has 0 spiro atoms. The summed E-state index contributed by atoms with van der Waals surface area (Å²) >= 11 is 0. The van der Waals surface area contributed by atoms with Gasteiger partial charge in [-0.15, -0.1) is 0 Å². The van der Waals surface area contributed by atoms with E-state index in [1.165, 1.54) is 21.3 Å². The van der Waals surface area contributed by atoms with Gasteiger partial charge in [0.25, 0.3) is 10.0 Å². The molecule has 0 saturated heterocycles. The number of hydrogen-bond acceptors (Lipinski definition) is 4. The number of sulfonamides is 1. The Bertz CT molecular complexity index is 1450. The van der Waals surface area contributed by atoms with E-state index in [4.69, 9.17) is 0 Å². The monoisotopic (exact) mass is 561 g/mol. The fraction of sp³-hybridized carbons (Fsp3) is 0.375. The zero-order valence-electron chi connectivity index (χ0n) is 23.8. The first kappa shape index (κ1) is 29.3. The topological polar surface area (TPSA) is 86.8 Å². The molecule has 7 nitrogen and oxygen atoms in total. The number of aryl methyl sites for hydroxylation is 2. The van der Waals surface area contributed by atoms with Crippen LogP contribution in [0, 0.1) is 20.8 Å². The first-order valence-corrected chi connectivity index (χ1v) is 15.3. The molecule has 0 radical (unpaired) electrons. The molecule has 1 fully saturated rings. The van der Waals surface area contributed by atoms with E-state index in [0.29, 0.717) is 5.69 Å². The average molecular weight is 562 g/mol. The average Bonchev–Trinajstić information content (AvgIpc) is 3.46. The summed E-state index contributed by atoms with van der Waals surface area (Å²) in [6.45, 7) is 7.20. The number of carbonyl (C=O) groups is 2. The second-order valence-electron chi connectivity index (χ2n) is 10.7. The molecule has 1 atom stereocenters. The third-order valence-corrected chi connectivity index (χ3v) is 9.70. The molecule has 2 amide bonds. The van der Waals surface area contributed by atoms with Gasteiger partial charge in [-0.25, -0.2) is 8.42 Å². The number of carbonyl (C=O) groups excluding carboxylic acids is 2. The Morgan fingerprint density at radius 3 is 2.17 bits per heavy atom. The summed E-state index contributed by atoms with van der Waals surface area (Å²) in [5.74, 6) is -0.671. The number of hydrogen-bond donors (Lipinski definition) is 1.